The molecule has 1 aliphatic heterocycles. The third-order valence-electron chi connectivity index (χ3n) is 3.85. The molecule has 2 aromatic carbocycles. The van der Waals surface area contributed by atoms with E-state index in [4.69, 9.17) is 27.9 Å². The molecular formula is C18H14Cl2N4OS. The number of nitrogens with one attached hydrogen (secondary N) is 1. The van der Waals surface area contributed by atoms with E-state index in [2.05, 4.69) is 20.5 Å². The second-order valence-electron chi connectivity index (χ2n) is 5.53. The van der Waals surface area contributed by atoms with Crippen molar-refractivity contribution in [3.8, 4) is 17.1 Å². The van der Waals surface area contributed by atoms with Crippen molar-refractivity contribution >= 4 is 40.7 Å². The Morgan fingerprint density at radius 3 is 2.81 bits per heavy atom. The lowest BCUT2D eigenvalue weighted by Gasteiger charge is -2.20. The quantitative estimate of drug-likeness (QED) is 0.584. The molecule has 0 radical (unpaired) electrons. The molecule has 4 rings (SSSR count). The lowest BCUT2D eigenvalue weighted by Crippen LogP contribution is -2.17. The first-order valence-corrected chi connectivity index (χ1v) is 9.75. The zero-order chi connectivity index (χ0) is 18.1. The van der Waals surface area contributed by atoms with Crippen LogP contribution in [0.4, 0.5) is 5.69 Å². The molecule has 8 heteroatoms. The number of hydrogen-bond donors (Lipinski definition) is 1. The Labute approximate surface area is 165 Å². The highest BCUT2D eigenvalue weighted by Crippen LogP contribution is 2.40. The number of hydrogen-bond acceptors (Lipinski definition) is 6. The Morgan fingerprint density at radius 2 is 2.00 bits per heavy atom. The molecule has 3 aromatic rings. The highest BCUT2D eigenvalue weighted by Gasteiger charge is 2.27. The summed E-state index contributed by atoms with van der Waals surface area (Å²) in [7, 11) is 0. The van der Waals surface area contributed by atoms with Gasteiger partial charge in [-0.3, -0.25) is 0 Å². The molecule has 1 aromatic heterocycles. The van der Waals surface area contributed by atoms with Crippen molar-refractivity contribution in [3.05, 3.63) is 58.1 Å². The van der Waals surface area contributed by atoms with Gasteiger partial charge in [0.15, 0.2) is 11.9 Å². The van der Waals surface area contributed by atoms with Crippen LogP contribution >= 0.6 is 35.0 Å². The van der Waals surface area contributed by atoms with Crippen molar-refractivity contribution in [2.75, 3.05) is 11.1 Å². The van der Waals surface area contributed by atoms with Crippen molar-refractivity contribution in [1.82, 2.24) is 15.2 Å². The second-order valence-corrected chi connectivity index (χ2v) is 7.61. The van der Waals surface area contributed by atoms with Crippen molar-refractivity contribution in [2.45, 2.75) is 18.3 Å². The molecule has 0 aliphatic carbocycles. The number of rotatable bonds is 3. The molecule has 2 heterocycles. The smallest absolute Gasteiger partial charge is 0.247 e. The average Bonchev–Trinajstić information content (AvgIpc) is 2.78. The molecule has 0 bridgehead atoms. The van der Waals surface area contributed by atoms with Gasteiger partial charge in [0.25, 0.3) is 0 Å². The number of fused-ring (bicyclic) bond motifs is 3. The molecule has 0 amide bonds. The lowest BCUT2D eigenvalue weighted by atomic mass is 10.1. The molecule has 5 nitrogen and oxygen atoms in total. The number of para-hydroxylation sites is 1. The van der Waals surface area contributed by atoms with Crippen LogP contribution in [0, 0.1) is 0 Å². The van der Waals surface area contributed by atoms with Crippen LogP contribution in [0.5, 0.6) is 5.88 Å². The zero-order valence-electron chi connectivity index (χ0n) is 13.7. The van der Waals surface area contributed by atoms with Gasteiger partial charge in [0.2, 0.25) is 11.0 Å². The summed E-state index contributed by atoms with van der Waals surface area (Å²) in [6, 6.07) is 13.1. The Balaban J connectivity index is 1.84. The van der Waals surface area contributed by atoms with Crippen LogP contribution in [0.1, 0.15) is 18.7 Å². The van der Waals surface area contributed by atoms with Crippen molar-refractivity contribution < 1.29 is 4.74 Å². The molecule has 0 spiro atoms. The van der Waals surface area contributed by atoms with Gasteiger partial charge in [0.1, 0.15) is 0 Å². The third kappa shape index (κ3) is 3.32. The normalized spacial score (nSPS) is 15.3. The summed E-state index contributed by atoms with van der Waals surface area (Å²) in [5.74, 6) is 1.27. The number of benzene rings is 2. The van der Waals surface area contributed by atoms with Crippen LogP contribution in [0.2, 0.25) is 10.0 Å². The maximum atomic E-state index is 6.39. The van der Waals surface area contributed by atoms with Gasteiger partial charge in [0.05, 0.1) is 5.02 Å². The minimum atomic E-state index is -0.529. The fraction of sp³-hybridized carbons (Fsp3) is 0.167. The minimum absolute atomic E-state index is 0.421. The zero-order valence-corrected chi connectivity index (χ0v) is 16.1. The monoisotopic (exact) mass is 404 g/mol. The third-order valence-corrected chi connectivity index (χ3v) is 5.13. The molecule has 1 aliphatic rings. The van der Waals surface area contributed by atoms with Crippen LogP contribution < -0.4 is 10.1 Å². The Kier molecular flexibility index (Phi) is 4.89. The maximum Gasteiger partial charge on any atom is 0.247 e. The van der Waals surface area contributed by atoms with E-state index >= 15 is 0 Å². The van der Waals surface area contributed by atoms with Crippen LogP contribution in [0.3, 0.4) is 0 Å². The van der Waals surface area contributed by atoms with Gasteiger partial charge in [-0.15, -0.1) is 10.2 Å². The summed E-state index contributed by atoms with van der Waals surface area (Å²) in [6.45, 7) is 2.04. The lowest BCUT2D eigenvalue weighted by molar-refractivity contribution is 0.225. The summed E-state index contributed by atoms with van der Waals surface area (Å²) in [5.41, 5.74) is 3.11. The standard InChI is InChI=1S/C18H14Cl2N4OS/c1-2-26-18-22-17-15(23-24-18)12-5-3-4-6-14(12)21-16(25-17)11-8-7-10(19)9-13(11)20/h3-9,16,21H,2H2,1H3/t16-/m1/s1. The number of thioether (sulfide) groups is 1. The number of ether oxygens (including phenoxy) is 1. The van der Waals surface area contributed by atoms with Crippen LogP contribution in [-0.4, -0.2) is 20.9 Å². The molecule has 0 saturated carbocycles. The largest absolute Gasteiger partial charge is 0.448 e. The number of aromatic nitrogens is 3. The molecule has 1 atom stereocenters. The van der Waals surface area contributed by atoms with Crippen molar-refractivity contribution in [3.63, 3.8) is 0 Å². The number of halogens is 2. The van der Waals surface area contributed by atoms with Crippen LogP contribution in [0.25, 0.3) is 11.3 Å². The van der Waals surface area contributed by atoms with Gasteiger partial charge in [-0.25, -0.2) is 0 Å². The van der Waals surface area contributed by atoms with Crippen molar-refractivity contribution in [1.29, 1.82) is 0 Å². The van der Waals surface area contributed by atoms with E-state index in [1.165, 1.54) is 11.8 Å². The van der Waals surface area contributed by atoms with Crippen LogP contribution in [0.15, 0.2) is 47.6 Å². The summed E-state index contributed by atoms with van der Waals surface area (Å²) in [4.78, 5) is 4.54. The van der Waals surface area contributed by atoms with E-state index in [-0.39, 0.29) is 0 Å². The topological polar surface area (TPSA) is 59.9 Å². The molecule has 0 saturated heterocycles. The van der Waals surface area contributed by atoms with E-state index in [1.54, 1.807) is 12.1 Å². The molecular weight excluding hydrogens is 391 g/mol. The fourth-order valence-electron chi connectivity index (χ4n) is 2.69. The summed E-state index contributed by atoms with van der Waals surface area (Å²) in [5, 5.41) is 13.6. The van der Waals surface area contributed by atoms with Gasteiger partial charge in [-0.1, -0.05) is 66.2 Å². The predicted molar refractivity (Wildman–Crippen MR) is 105 cm³/mol. The molecule has 26 heavy (non-hydrogen) atoms. The average molecular weight is 405 g/mol. The van der Waals surface area contributed by atoms with Crippen LogP contribution in [-0.2, 0) is 0 Å². The summed E-state index contributed by atoms with van der Waals surface area (Å²) < 4.78 is 6.17. The highest BCUT2D eigenvalue weighted by atomic mass is 35.5. The molecule has 1 N–H and O–H groups in total. The van der Waals surface area contributed by atoms with E-state index in [0.29, 0.717) is 26.8 Å². The number of anilines is 1. The molecule has 0 fully saturated rings. The van der Waals surface area contributed by atoms with E-state index in [0.717, 1.165) is 22.6 Å². The maximum absolute atomic E-state index is 6.39. The Morgan fingerprint density at radius 1 is 1.15 bits per heavy atom. The molecule has 132 valence electrons. The molecule has 0 unspecified atom stereocenters. The van der Waals surface area contributed by atoms with E-state index in [9.17, 15) is 0 Å². The first-order valence-electron chi connectivity index (χ1n) is 8.00. The van der Waals surface area contributed by atoms with E-state index in [1.807, 2.05) is 37.3 Å². The van der Waals surface area contributed by atoms with E-state index < -0.39 is 6.23 Å². The van der Waals surface area contributed by atoms with Gasteiger partial charge in [-0.2, -0.15) is 4.98 Å². The predicted octanol–water partition coefficient (Wildman–Crippen LogP) is 5.46. The highest BCUT2D eigenvalue weighted by molar-refractivity contribution is 7.99. The number of nitrogens with zero attached hydrogens (tertiary/aromatic N) is 3. The second kappa shape index (κ2) is 7.31. The SMILES string of the molecule is CCSc1nnc2c(n1)O[C@H](c1ccc(Cl)cc1Cl)Nc1ccccc1-2. The Hall–Kier alpha value is -2.02. The first kappa shape index (κ1) is 17.4. The van der Waals surface area contributed by atoms with Gasteiger partial charge >= 0.3 is 0 Å². The minimum Gasteiger partial charge on any atom is -0.448 e. The summed E-state index contributed by atoms with van der Waals surface area (Å²) >= 11 is 13.9. The van der Waals surface area contributed by atoms with Gasteiger partial charge in [0, 0.05) is 21.8 Å². The summed E-state index contributed by atoms with van der Waals surface area (Å²) in [6.07, 6.45) is -0.529. The Bertz CT molecular complexity index is 970. The first-order chi connectivity index (χ1) is 12.7. The fourth-order valence-corrected chi connectivity index (χ4v) is 3.70. The van der Waals surface area contributed by atoms with Gasteiger partial charge in [-0.05, 0) is 24.0 Å². The van der Waals surface area contributed by atoms with Crippen molar-refractivity contribution in [2.24, 2.45) is 0 Å². The van der Waals surface area contributed by atoms with Gasteiger partial charge < -0.3 is 10.1 Å².